The van der Waals surface area contributed by atoms with E-state index < -0.39 is 0 Å². The monoisotopic (exact) mass is 247 g/mol. The zero-order chi connectivity index (χ0) is 11.6. The number of hydrogen-bond donors (Lipinski definition) is 1. The second-order valence-electron chi connectivity index (χ2n) is 4.31. The third kappa shape index (κ3) is 5.71. The summed E-state index contributed by atoms with van der Waals surface area (Å²) >= 11 is 5.58. The van der Waals surface area contributed by atoms with Gasteiger partial charge in [0, 0.05) is 19.0 Å². The fourth-order valence-corrected chi connectivity index (χ4v) is 2.07. The highest BCUT2D eigenvalue weighted by molar-refractivity contribution is 6.17. The van der Waals surface area contributed by atoms with E-state index >= 15 is 0 Å². The maximum atomic E-state index is 11.7. The van der Waals surface area contributed by atoms with Crippen molar-refractivity contribution in [3.63, 3.8) is 0 Å². The molecule has 0 bridgehead atoms. The van der Waals surface area contributed by atoms with Crippen molar-refractivity contribution in [1.82, 2.24) is 5.32 Å². The first-order valence-electron chi connectivity index (χ1n) is 6.26. The molecule has 1 heterocycles. The zero-order valence-corrected chi connectivity index (χ0v) is 10.6. The van der Waals surface area contributed by atoms with Gasteiger partial charge in [0.25, 0.3) is 0 Å². The van der Waals surface area contributed by atoms with Gasteiger partial charge in [-0.2, -0.15) is 0 Å². The van der Waals surface area contributed by atoms with Gasteiger partial charge >= 0.3 is 0 Å². The third-order valence-electron chi connectivity index (χ3n) is 2.89. The lowest BCUT2D eigenvalue weighted by Gasteiger charge is -2.21. The van der Waals surface area contributed by atoms with Crippen molar-refractivity contribution in [3.05, 3.63) is 0 Å². The molecule has 1 atom stereocenters. The topological polar surface area (TPSA) is 38.3 Å². The minimum atomic E-state index is 0.0802. The molecule has 0 radical (unpaired) electrons. The Morgan fingerprint density at radius 3 is 2.81 bits per heavy atom. The molecule has 16 heavy (non-hydrogen) atoms. The lowest BCUT2D eigenvalue weighted by molar-refractivity contribution is -0.128. The summed E-state index contributed by atoms with van der Waals surface area (Å²) in [6.07, 6.45) is 6.41. The van der Waals surface area contributed by atoms with Crippen LogP contribution in [0.2, 0.25) is 0 Å². The van der Waals surface area contributed by atoms with Crippen LogP contribution in [0.15, 0.2) is 0 Å². The van der Waals surface area contributed by atoms with Crippen molar-refractivity contribution in [3.8, 4) is 0 Å². The first kappa shape index (κ1) is 13.8. The smallest absolute Gasteiger partial charge is 0.225 e. The summed E-state index contributed by atoms with van der Waals surface area (Å²) in [6, 6.07) is 0. The Morgan fingerprint density at radius 1 is 1.31 bits per heavy atom. The van der Waals surface area contributed by atoms with E-state index in [0.29, 0.717) is 6.61 Å². The Morgan fingerprint density at radius 2 is 2.12 bits per heavy atom. The van der Waals surface area contributed by atoms with Crippen LogP contribution in [0.1, 0.15) is 38.5 Å². The fraction of sp³-hybridized carbons (Fsp3) is 0.917. The van der Waals surface area contributed by atoms with Crippen molar-refractivity contribution < 1.29 is 9.53 Å². The highest BCUT2D eigenvalue weighted by atomic mass is 35.5. The number of unbranched alkanes of at least 4 members (excludes halogenated alkanes) is 3. The minimum Gasteiger partial charge on any atom is -0.381 e. The molecule has 0 aromatic heterocycles. The van der Waals surface area contributed by atoms with E-state index in [1.54, 1.807) is 0 Å². The number of carbonyl (C=O) groups excluding carboxylic acids is 1. The summed E-state index contributed by atoms with van der Waals surface area (Å²) in [7, 11) is 0. The molecule has 1 saturated heterocycles. The summed E-state index contributed by atoms with van der Waals surface area (Å²) in [6.45, 7) is 2.19. The van der Waals surface area contributed by atoms with E-state index in [-0.39, 0.29) is 11.8 Å². The first-order valence-corrected chi connectivity index (χ1v) is 6.79. The SMILES string of the molecule is O=C(NCCCCCCCl)C1CCCOC1. The lowest BCUT2D eigenvalue weighted by atomic mass is 10.0. The van der Waals surface area contributed by atoms with Crippen molar-refractivity contribution in [2.45, 2.75) is 38.5 Å². The van der Waals surface area contributed by atoms with Gasteiger partial charge in [-0.3, -0.25) is 4.79 Å². The van der Waals surface area contributed by atoms with Crippen LogP contribution in [-0.4, -0.2) is 31.5 Å². The number of carbonyl (C=O) groups is 1. The quantitative estimate of drug-likeness (QED) is 0.554. The average molecular weight is 248 g/mol. The molecule has 1 N–H and O–H groups in total. The Kier molecular flexibility index (Phi) is 7.60. The molecular formula is C12H22ClNO2. The molecular weight excluding hydrogens is 226 g/mol. The van der Waals surface area contributed by atoms with Gasteiger partial charge in [-0.05, 0) is 25.7 Å². The van der Waals surface area contributed by atoms with Crippen LogP contribution in [0.5, 0.6) is 0 Å². The number of halogens is 1. The normalized spacial score (nSPS) is 20.7. The van der Waals surface area contributed by atoms with Crippen LogP contribution in [0.4, 0.5) is 0 Å². The van der Waals surface area contributed by atoms with Crippen molar-refractivity contribution in [1.29, 1.82) is 0 Å². The first-order chi connectivity index (χ1) is 7.84. The maximum absolute atomic E-state index is 11.7. The van der Waals surface area contributed by atoms with Crippen LogP contribution in [-0.2, 0) is 9.53 Å². The molecule has 1 amide bonds. The van der Waals surface area contributed by atoms with E-state index in [0.717, 1.165) is 57.6 Å². The summed E-state index contributed by atoms with van der Waals surface area (Å²) in [5.41, 5.74) is 0. The Bertz CT molecular complexity index is 193. The van der Waals surface area contributed by atoms with Gasteiger partial charge in [0.2, 0.25) is 5.91 Å². The van der Waals surface area contributed by atoms with Crippen molar-refractivity contribution in [2.24, 2.45) is 5.92 Å². The van der Waals surface area contributed by atoms with Gasteiger partial charge in [-0.25, -0.2) is 0 Å². The van der Waals surface area contributed by atoms with Gasteiger partial charge in [-0.1, -0.05) is 12.8 Å². The second kappa shape index (κ2) is 8.82. The Labute approximate surface area is 103 Å². The molecule has 0 aromatic carbocycles. The molecule has 0 aliphatic carbocycles. The van der Waals surface area contributed by atoms with Crippen LogP contribution in [0, 0.1) is 5.92 Å². The second-order valence-corrected chi connectivity index (χ2v) is 4.69. The van der Waals surface area contributed by atoms with E-state index in [4.69, 9.17) is 16.3 Å². The van der Waals surface area contributed by atoms with Gasteiger partial charge in [0.05, 0.1) is 12.5 Å². The molecule has 0 aromatic rings. The van der Waals surface area contributed by atoms with Gasteiger partial charge in [0.15, 0.2) is 0 Å². The number of alkyl halides is 1. The van der Waals surface area contributed by atoms with Gasteiger partial charge in [-0.15, -0.1) is 11.6 Å². The predicted octanol–water partition coefficient (Wildman–Crippen LogP) is 2.33. The number of amides is 1. The lowest BCUT2D eigenvalue weighted by Crippen LogP contribution is -2.36. The highest BCUT2D eigenvalue weighted by Gasteiger charge is 2.20. The summed E-state index contributed by atoms with van der Waals surface area (Å²) in [4.78, 5) is 11.7. The molecule has 1 rings (SSSR count). The highest BCUT2D eigenvalue weighted by Crippen LogP contribution is 2.13. The largest absolute Gasteiger partial charge is 0.381 e. The third-order valence-corrected chi connectivity index (χ3v) is 3.16. The van der Waals surface area contributed by atoms with Crippen LogP contribution >= 0.6 is 11.6 Å². The van der Waals surface area contributed by atoms with Crippen LogP contribution in [0.25, 0.3) is 0 Å². The van der Waals surface area contributed by atoms with Crippen molar-refractivity contribution in [2.75, 3.05) is 25.6 Å². The Balaban J connectivity index is 1.97. The molecule has 0 spiro atoms. The predicted molar refractivity (Wildman–Crippen MR) is 65.7 cm³/mol. The maximum Gasteiger partial charge on any atom is 0.225 e. The summed E-state index contributed by atoms with van der Waals surface area (Å²) in [5.74, 6) is 0.986. The van der Waals surface area contributed by atoms with E-state index in [1.807, 2.05) is 0 Å². The summed E-state index contributed by atoms with van der Waals surface area (Å²) < 4.78 is 5.29. The number of ether oxygens (including phenoxy) is 1. The summed E-state index contributed by atoms with van der Waals surface area (Å²) in [5, 5.41) is 2.98. The number of rotatable bonds is 7. The molecule has 4 heteroatoms. The molecule has 3 nitrogen and oxygen atoms in total. The van der Waals surface area contributed by atoms with Crippen molar-refractivity contribution >= 4 is 17.5 Å². The molecule has 1 fully saturated rings. The van der Waals surface area contributed by atoms with Crippen LogP contribution < -0.4 is 5.32 Å². The van der Waals surface area contributed by atoms with Gasteiger partial charge < -0.3 is 10.1 Å². The average Bonchev–Trinajstić information content (AvgIpc) is 2.34. The zero-order valence-electron chi connectivity index (χ0n) is 9.84. The van der Waals surface area contributed by atoms with Gasteiger partial charge in [0.1, 0.15) is 0 Å². The number of hydrogen-bond acceptors (Lipinski definition) is 2. The van der Waals surface area contributed by atoms with E-state index in [9.17, 15) is 4.79 Å². The van der Waals surface area contributed by atoms with Crippen LogP contribution in [0.3, 0.4) is 0 Å². The van der Waals surface area contributed by atoms with E-state index in [2.05, 4.69) is 5.32 Å². The van der Waals surface area contributed by atoms with E-state index in [1.165, 1.54) is 0 Å². The molecule has 1 unspecified atom stereocenters. The minimum absolute atomic E-state index is 0.0802. The standard InChI is InChI=1S/C12H22ClNO2/c13-7-3-1-2-4-8-14-12(15)11-6-5-9-16-10-11/h11H,1-10H2,(H,14,15). The molecule has 1 aliphatic rings. The molecule has 0 saturated carbocycles. The Hall–Kier alpha value is -0.280. The molecule has 1 aliphatic heterocycles. The number of nitrogens with one attached hydrogen (secondary N) is 1. The fourth-order valence-electron chi connectivity index (χ4n) is 1.88. The molecule has 94 valence electrons.